The summed E-state index contributed by atoms with van der Waals surface area (Å²) < 4.78 is 38.3. The molecule has 6 rings (SSSR count). The number of carbonyl (C=O) groups is 1. The number of rotatable bonds is 6. The summed E-state index contributed by atoms with van der Waals surface area (Å²) in [6.07, 6.45) is 2.65. The van der Waals surface area contributed by atoms with E-state index in [0.29, 0.717) is 47.8 Å². The number of nitrogens with zero attached hydrogens (tertiary/aromatic N) is 8. The van der Waals surface area contributed by atoms with Gasteiger partial charge in [-0.1, -0.05) is 11.8 Å². The summed E-state index contributed by atoms with van der Waals surface area (Å²) in [6.45, 7) is 10.6. The van der Waals surface area contributed by atoms with Crippen molar-refractivity contribution in [3.8, 4) is 11.5 Å². The second-order valence-corrected chi connectivity index (χ2v) is 11.0. The molecule has 2 aromatic carbocycles. The smallest absolute Gasteiger partial charge is 0.246 e. The number of carbonyl (C=O) groups excluding carboxylic acids is 1. The van der Waals surface area contributed by atoms with Gasteiger partial charge in [0.05, 0.1) is 22.3 Å². The van der Waals surface area contributed by atoms with Crippen LogP contribution >= 0.6 is 0 Å². The predicted molar refractivity (Wildman–Crippen MR) is 158 cm³/mol. The quantitative estimate of drug-likeness (QED) is 0.274. The van der Waals surface area contributed by atoms with Gasteiger partial charge in [0.2, 0.25) is 5.91 Å². The molecule has 0 saturated carbocycles. The lowest BCUT2D eigenvalue weighted by atomic mass is 9.98. The number of benzene rings is 2. The molecular weight excluding hydrogens is 556 g/mol. The first-order chi connectivity index (χ1) is 20.6. The second-order valence-electron chi connectivity index (χ2n) is 11.0. The largest absolute Gasteiger partial charge is 0.454 e. The van der Waals surface area contributed by atoms with Gasteiger partial charge in [-0.2, -0.15) is 0 Å². The minimum Gasteiger partial charge on any atom is -0.454 e. The monoisotopic (exact) mass is 585 g/mol. The number of nitrogens with one attached hydrogen (secondary N) is 1. The highest BCUT2D eigenvalue weighted by Crippen LogP contribution is 2.36. The molecule has 43 heavy (non-hydrogen) atoms. The minimum absolute atomic E-state index is 0.0251. The number of hydrogen-bond acceptors (Lipinski definition) is 9. The lowest BCUT2D eigenvalue weighted by molar-refractivity contribution is -0.131. The maximum absolute atomic E-state index is 15.6. The summed E-state index contributed by atoms with van der Waals surface area (Å²) in [5.74, 6) is -0.667. The zero-order chi connectivity index (χ0) is 30.5. The number of anilines is 3. The number of ether oxygens (including phenoxy) is 1. The Kier molecular flexibility index (Phi) is 6.87. The number of piperazine rings is 1. The molecule has 5 aromatic rings. The molecule has 0 spiro atoms. The summed E-state index contributed by atoms with van der Waals surface area (Å²) in [6, 6.07) is 9.66. The lowest BCUT2D eigenvalue weighted by Gasteiger charge is -2.47. The average Bonchev–Trinajstić information content (AvgIpc) is 3.36. The van der Waals surface area contributed by atoms with Crippen LogP contribution in [0, 0.1) is 18.6 Å². The number of aromatic nitrogens is 6. The van der Waals surface area contributed by atoms with Crippen LogP contribution in [0.25, 0.3) is 22.1 Å². The Hall–Kier alpha value is -5.20. The van der Waals surface area contributed by atoms with E-state index >= 15 is 8.78 Å². The molecule has 13 heteroatoms. The SMILES string of the molecule is C=CC(=O)N1CCN(c2ccc3ncnc(Nc4cc(F)c(Oc5ccc6c(c5)nnn6C)c(C)c4F)c3n2)CC1(C)C. The highest BCUT2D eigenvalue weighted by Gasteiger charge is 2.36. The van der Waals surface area contributed by atoms with Crippen molar-refractivity contribution in [3.63, 3.8) is 0 Å². The van der Waals surface area contributed by atoms with Crippen LogP contribution in [-0.2, 0) is 11.8 Å². The van der Waals surface area contributed by atoms with Gasteiger partial charge in [-0.05, 0) is 51.1 Å². The molecule has 0 bridgehead atoms. The molecule has 0 aliphatic carbocycles. The van der Waals surface area contributed by atoms with Crippen molar-refractivity contribution in [1.82, 2.24) is 34.8 Å². The number of pyridine rings is 1. The zero-order valence-corrected chi connectivity index (χ0v) is 24.1. The third-order valence-corrected chi connectivity index (χ3v) is 7.58. The number of fused-ring (bicyclic) bond motifs is 2. The molecule has 4 heterocycles. The van der Waals surface area contributed by atoms with Crippen molar-refractivity contribution in [1.29, 1.82) is 0 Å². The van der Waals surface area contributed by atoms with Gasteiger partial charge in [0.25, 0.3) is 0 Å². The molecule has 0 atom stereocenters. The molecule has 0 unspecified atom stereocenters. The Morgan fingerprint density at radius 3 is 2.70 bits per heavy atom. The zero-order valence-electron chi connectivity index (χ0n) is 24.1. The molecule has 1 amide bonds. The first-order valence-electron chi connectivity index (χ1n) is 13.6. The normalized spacial score (nSPS) is 14.7. The van der Waals surface area contributed by atoms with Crippen molar-refractivity contribution in [3.05, 3.63) is 72.6 Å². The molecule has 1 fully saturated rings. The molecule has 1 aliphatic heterocycles. The van der Waals surface area contributed by atoms with Crippen molar-refractivity contribution >= 4 is 45.3 Å². The van der Waals surface area contributed by atoms with Gasteiger partial charge in [-0.15, -0.1) is 5.10 Å². The predicted octanol–water partition coefficient (Wildman–Crippen LogP) is 5.04. The van der Waals surface area contributed by atoms with E-state index in [1.807, 2.05) is 19.9 Å². The Balaban J connectivity index is 1.29. The van der Waals surface area contributed by atoms with Gasteiger partial charge in [-0.25, -0.2) is 28.4 Å². The fourth-order valence-corrected chi connectivity index (χ4v) is 5.35. The number of amides is 1. The third kappa shape index (κ3) is 5.07. The van der Waals surface area contributed by atoms with Crippen molar-refractivity contribution < 1.29 is 18.3 Å². The third-order valence-electron chi connectivity index (χ3n) is 7.58. The van der Waals surface area contributed by atoms with Gasteiger partial charge >= 0.3 is 0 Å². The summed E-state index contributed by atoms with van der Waals surface area (Å²) in [5, 5.41) is 10.9. The van der Waals surface area contributed by atoms with Gasteiger partial charge in [-0.3, -0.25) is 4.79 Å². The molecule has 0 radical (unpaired) electrons. The fraction of sp³-hybridized carbons (Fsp3) is 0.267. The molecular formula is C30H29F2N9O2. The fourth-order valence-electron chi connectivity index (χ4n) is 5.35. The van der Waals surface area contributed by atoms with Crippen molar-refractivity contribution in [2.24, 2.45) is 7.05 Å². The first kappa shape index (κ1) is 27.9. The molecule has 3 aromatic heterocycles. The van der Waals surface area contributed by atoms with Crippen LogP contribution in [0.15, 0.2) is 55.4 Å². The Labute approximate surface area is 245 Å². The van der Waals surface area contributed by atoms with Crippen LogP contribution in [0.5, 0.6) is 11.5 Å². The van der Waals surface area contributed by atoms with E-state index in [-0.39, 0.29) is 28.7 Å². The number of halogens is 2. The summed E-state index contributed by atoms with van der Waals surface area (Å²) in [5.41, 5.74) is 1.64. The highest BCUT2D eigenvalue weighted by molar-refractivity contribution is 5.89. The lowest BCUT2D eigenvalue weighted by Crippen LogP contribution is -2.61. The van der Waals surface area contributed by atoms with E-state index in [2.05, 4.69) is 37.1 Å². The molecule has 1 N–H and O–H groups in total. The molecule has 220 valence electrons. The van der Waals surface area contributed by atoms with Crippen LogP contribution in [-0.4, -0.2) is 65.9 Å². The van der Waals surface area contributed by atoms with Gasteiger partial charge < -0.3 is 19.9 Å². The Morgan fingerprint density at radius 2 is 1.93 bits per heavy atom. The van der Waals surface area contributed by atoms with Crippen molar-refractivity contribution in [2.45, 2.75) is 26.3 Å². The van der Waals surface area contributed by atoms with E-state index < -0.39 is 17.2 Å². The maximum atomic E-state index is 15.6. The average molecular weight is 586 g/mol. The van der Waals surface area contributed by atoms with Crippen LogP contribution < -0.4 is 15.0 Å². The molecule has 1 saturated heterocycles. The second kappa shape index (κ2) is 10.6. The summed E-state index contributed by atoms with van der Waals surface area (Å²) >= 11 is 0. The standard InChI is InChI=1S/C30H29F2N9O2/c1-6-25(42)41-12-11-40(15-30(41,3)4)24-10-8-20-27(36-24)29(34-16-33-20)35-22-14-19(31)28(17(2)26(22)32)43-18-7-9-23-21(13-18)37-38-39(23)5/h6-10,13-14,16H,1,11-12,15H2,2-5H3,(H,33,34,35). The van der Waals surface area contributed by atoms with E-state index in [0.717, 1.165) is 11.6 Å². The Morgan fingerprint density at radius 1 is 1.12 bits per heavy atom. The highest BCUT2D eigenvalue weighted by atomic mass is 19.1. The van der Waals surface area contributed by atoms with E-state index in [1.165, 1.54) is 19.3 Å². The van der Waals surface area contributed by atoms with Crippen LogP contribution in [0.2, 0.25) is 0 Å². The van der Waals surface area contributed by atoms with E-state index in [9.17, 15) is 4.79 Å². The number of hydrogen-bond donors (Lipinski definition) is 1. The van der Waals surface area contributed by atoms with Gasteiger partial charge in [0.15, 0.2) is 23.2 Å². The molecule has 1 aliphatic rings. The topological polar surface area (TPSA) is 114 Å². The van der Waals surface area contributed by atoms with Crippen molar-refractivity contribution in [2.75, 3.05) is 29.9 Å². The molecule has 11 nitrogen and oxygen atoms in total. The van der Waals surface area contributed by atoms with Crippen LogP contribution in [0.1, 0.15) is 19.4 Å². The minimum atomic E-state index is -0.762. The van der Waals surface area contributed by atoms with Gasteiger partial charge in [0.1, 0.15) is 28.9 Å². The van der Waals surface area contributed by atoms with Crippen LogP contribution in [0.4, 0.5) is 26.1 Å². The van der Waals surface area contributed by atoms with E-state index in [1.54, 1.807) is 40.9 Å². The van der Waals surface area contributed by atoms with Crippen LogP contribution in [0.3, 0.4) is 0 Å². The summed E-state index contributed by atoms with van der Waals surface area (Å²) in [4.78, 5) is 29.5. The maximum Gasteiger partial charge on any atom is 0.246 e. The summed E-state index contributed by atoms with van der Waals surface area (Å²) in [7, 11) is 1.76. The Bertz CT molecular complexity index is 1910. The first-order valence-corrected chi connectivity index (χ1v) is 13.6. The van der Waals surface area contributed by atoms with E-state index in [4.69, 9.17) is 9.72 Å². The van der Waals surface area contributed by atoms with Gasteiger partial charge in [0, 0.05) is 44.4 Å². The number of aryl methyl sites for hydroxylation is 1.